The average molecular weight is 324 g/mol. The van der Waals surface area contributed by atoms with Crippen LogP contribution in [0.5, 0.6) is 0 Å². The van der Waals surface area contributed by atoms with Crippen molar-refractivity contribution in [1.82, 2.24) is 4.98 Å². The lowest BCUT2D eigenvalue weighted by atomic mass is 10.2. The van der Waals surface area contributed by atoms with Crippen molar-refractivity contribution in [2.75, 3.05) is 11.1 Å². The summed E-state index contributed by atoms with van der Waals surface area (Å²) in [5, 5.41) is 2.59. The van der Waals surface area contributed by atoms with Crippen molar-refractivity contribution in [2.45, 2.75) is 6.92 Å². The molecule has 6 heteroatoms. The van der Waals surface area contributed by atoms with E-state index in [2.05, 4.69) is 26.2 Å². The maximum Gasteiger partial charge on any atom is 0.256 e. The van der Waals surface area contributed by atoms with Crippen molar-refractivity contribution in [3.8, 4) is 0 Å². The van der Waals surface area contributed by atoms with Crippen molar-refractivity contribution in [1.29, 1.82) is 0 Å². The van der Waals surface area contributed by atoms with Gasteiger partial charge in [0.2, 0.25) is 0 Å². The molecule has 0 aliphatic heterocycles. The molecule has 0 unspecified atom stereocenters. The van der Waals surface area contributed by atoms with E-state index in [1.165, 1.54) is 12.1 Å². The minimum absolute atomic E-state index is 0.00848. The van der Waals surface area contributed by atoms with Crippen LogP contribution in [-0.4, -0.2) is 10.9 Å². The first-order valence-electron chi connectivity index (χ1n) is 5.47. The van der Waals surface area contributed by atoms with Gasteiger partial charge >= 0.3 is 0 Å². The standard InChI is InChI=1S/C13H11BrFN3O/c1-7-9(14)3-5-12(17-7)18-13(19)8-2-4-11(16)10(15)6-8/h2-6H,16H2,1H3,(H,17,18,19). The Morgan fingerprint density at radius 3 is 2.74 bits per heavy atom. The van der Waals surface area contributed by atoms with Gasteiger partial charge in [0.05, 0.1) is 11.4 Å². The van der Waals surface area contributed by atoms with Gasteiger partial charge in [0.25, 0.3) is 5.91 Å². The number of hydrogen-bond acceptors (Lipinski definition) is 3. The van der Waals surface area contributed by atoms with Crippen LogP contribution in [0.3, 0.4) is 0 Å². The third-order valence-corrected chi connectivity index (χ3v) is 3.36. The third kappa shape index (κ3) is 3.08. The van der Waals surface area contributed by atoms with Crippen molar-refractivity contribution in [3.63, 3.8) is 0 Å². The van der Waals surface area contributed by atoms with Crippen LogP contribution in [0.15, 0.2) is 34.8 Å². The predicted molar refractivity (Wildman–Crippen MR) is 75.4 cm³/mol. The SMILES string of the molecule is Cc1nc(NC(=O)c2ccc(N)c(F)c2)ccc1Br. The van der Waals surface area contributed by atoms with Gasteiger partial charge in [0, 0.05) is 10.0 Å². The molecule has 2 aromatic rings. The second kappa shape index (κ2) is 5.36. The lowest BCUT2D eigenvalue weighted by Crippen LogP contribution is -2.13. The zero-order chi connectivity index (χ0) is 14.0. The fourth-order valence-corrected chi connectivity index (χ4v) is 1.69. The first kappa shape index (κ1) is 13.5. The Kier molecular flexibility index (Phi) is 3.80. The lowest BCUT2D eigenvalue weighted by Gasteiger charge is -2.07. The maximum absolute atomic E-state index is 13.3. The molecule has 0 aliphatic carbocycles. The monoisotopic (exact) mass is 323 g/mol. The Hall–Kier alpha value is -1.95. The molecule has 0 bridgehead atoms. The number of nitrogens with one attached hydrogen (secondary N) is 1. The van der Waals surface area contributed by atoms with Gasteiger partial charge in [-0.3, -0.25) is 4.79 Å². The van der Waals surface area contributed by atoms with Gasteiger partial charge in [-0.1, -0.05) is 0 Å². The largest absolute Gasteiger partial charge is 0.396 e. The number of aryl methyl sites for hydroxylation is 1. The molecule has 2 rings (SSSR count). The molecule has 1 aromatic carbocycles. The van der Waals surface area contributed by atoms with E-state index in [-0.39, 0.29) is 11.3 Å². The van der Waals surface area contributed by atoms with E-state index < -0.39 is 11.7 Å². The number of halogens is 2. The quantitative estimate of drug-likeness (QED) is 0.834. The van der Waals surface area contributed by atoms with Gasteiger partial charge in [-0.15, -0.1) is 0 Å². The molecule has 1 aromatic heterocycles. The molecule has 0 atom stereocenters. The molecule has 98 valence electrons. The number of pyridine rings is 1. The molecule has 0 saturated carbocycles. The number of anilines is 2. The second-order valence-corrected chi connectivity index (χ2v) is 4.81. The summed E-state index contributed by atoms with van der Waals surface area (Å²) in [6.07, 6.45) is 0. The summed E-state index contributed by atoms with van der Waals surface area (Å²) in [5.41, 5.74) is 6.30. The van der Waals surface area contributed by atoms with Gasteiger partial charge in [0.15, 0.2) is 0 Å². The van der Waals surface area contributed by atoms with Crippen molar-refractivity contribution >= 4 is 33.3 Å². The maximum atomic E-state index is 13.3. The van der Waals surface area contributed by atoms with Gasteiger partial charge < -0.3 is 11.1 Å². The van der Waals surface area contributed by atoms with E-state index in [1.807, 2.05) is 6.92 Å². The Morgan fingerprint density at radius 1 is 1.37 bits per heavy atom. The number of nitrogens with two attached hydrogens (primary N) is 1. The molecular formula is C13H11BrFN3O. The summed E-state index contributed by atoms with van der Waals surface area (Å²) in [6.45, 7) is 1.81. The van der Waals surface area contributed by atoms with Crippen molar-refractivity contribution < 1.29 is 9.18 Å². The molecule has 0 spiro atoms. The fourth-order valence-electron chi connectivity index (χ4n) is 1.47. The summed E-state index contributed by atoms with van der Waals surface area (Å²) in [4.78, 5) is 16.1. The van der Waals surface area contributed by atoms with Crippen LogP contribution >= 0.6 is 15.9 Å². The molecule has 1 amide bonds. The van der Waals surface area contributed by atoms with Crippen LogP contribution in [0.25, 0.3) is 0 Å². The van der Waals surface area contributed by atoms with Gasteiger partial charge in [0.1, 0.15) is 11.6 Å². The highest BCUT2D eigenvalue weighted by atomic mass is 79.9. The van der Waals surface area contributed by atoms with E-state index in [0.717, 1.165) is 16.2 Å². The summed E-state index contributed by atoms with van der Waals surface area (Å²) in [5.74, 6) is -0.649. The number of rotatable bonds is 2. The summed E-state index contributed by atoms with van der Waals surface area (Å²) in [7, 11) is 0. The molecule has 0 fully saturated rings. The lowest BCUT2D eigenvalue weighted by molar-refractivity contribution is 0.102. The molecule has 0 saturated heterocycles. The van der Waals surface area contributed by atoms with Crippen molar-refractivity contribution in [2.24, 2.45) is 0 Å². The van der Waals surface area contributed by atoms with Crippen LogP contribution in [0, 0.1) is 12.7 Å². The molecular weight excluding hydrogens is 313 g/mol. The number of carbonyl (C=O) groups excluding carboxylic acids is 1. The van der Waals surface area contributed by atoms with Gasteiger partial charge in [-0.25, -0.2) is 9.37 Å². The molecule has 0 radical (unpaired) electrons. The number of benzene rings is 1. The Morgan fingerprint density at radius 2 is 2.11 bits per heavy atom. The normalized spacial score (nSPS) is 10.3. The van der Waals surface area contributed by atoms with E-state index in [0.29, 0.717) is 5.82 Å². The van der Waals surface area contributed by atoms with E-state index in [1.54, 1.807) is 12.1 Å². The van der Waals surface area contributed by atoms with Crippen LogP contribution < -0.4 is 11.1 Å². The minimum Gasteiger partial charge on any atom is -0.396 e. The summed E-state index contributed by atoms with van der Waals surface area (Å²) < 4.78 is 14.1. The third-order valence-electron chi connectivity index (χ3n) is 2.53. The first-order chi connectivity index (χ1) is 8.97. The average Bonchev–Trinajstić information content (AvgIpc) is 2.37. The van der Waals surface area contributed by atoms with E-state index in [4.69, 9.17) is 5.73 Å². The number of nitrogen functional groups attached to an aromatic ring is 1. The van der Waals surface area contributed by atoms with Crippen LogP contribution in [0.2, 0.25) is 0 Å². The Labute approximate surface area is 118 Å². The molecule has 3 N–H and O–H groups in total. The summed E-state index contributed by atoms with van der Waals surface area (Å²) >= 11 is 3.32. The highest BCUT2D eigenvalue weighted by molar-refractivity contribution is 9.10. The minimum atomic E-state index is -0.618. The van der Waals surface area contributed by atoms with Crippen LogP contribution in [-0.2, 0) is 0 Å². The fraction of sp³-hybridized carbons (Fsp3) is 0.0769. The number of carbonyl (C=O) groups is 1. The topological polar surface area (TPSA) is 68.0 Å². The van der Waals surface area contributed by atoms with Crippen LogP contribution in [0.1, 0.15) is 16.1 Å². The molecule has 19 heavy (non-hydrogen) atoms. The number of amides is 1. The van der Waals surface area contributed by atoms with Crippen LogP contribution in [0.4, 0.5) is 15.9 Å². The van der Waals surface area contributed by atoms with E-state index in [9.17, 15) is 9.18 Å². The Bertz CT molecular complexity index is 646. The highest BCUT2D eigenvalue weighted by Crippen LogP contribution is 2.17. The second-order valence-electron chi connectivity index (χ2n) is 3.95. The highest BCUT2D eigenvalue weighted by Gasteiger charge is 2.10. The van der Waals surface area contributed by atoms with Crippen molar-refractivity contribution in [3.05, 3.63) is 51.9 Å². The Balaban J connectivity index is 2.20. The number of nitrogens with zero attached hydrogens (tertiary/aromatic N) is 1. The van der Waals surface area contributed by atoms with Gasteiger partial charge in [-0.05, 0) is 53.2 Å². The zero-order valence-corrected chi connectivity index (χ0v) is 11.7. The number of aromatic nitrogens is 1. The smallest absolute Gasteiger partial charge is 0.256 e. The number of hydrogen-bond donors (Lipinski definition) is 2. The van der Waals surface area contributed by atoms with E-state index >= 15 is 0 Å². The van der Waals surface area contributed by atoms with Gasteiger partial charge in [-0.2, -0.15) is 0 Å². The summed E-state index contributed by atoms with van der Waals surface area (Å²) in [6, 6.07) is 7.34. The molecule has 4 nitrogen and oxygen atoms in total. The zero-order valence-electron chi connectivity index (χ0n) is 10.1. The molecule has 1 heterocycles. The predicted octanol–water partition coefficient (Wildman–Crippen LogP) is 3.13. The molecule has 0 aliphatic rings. The first-order valence-corrected chi connectivity index (χ1v) is 6.26.